The van der Waals surface area contributed by atoms with Crippen LogP contribution in [0.1, 0.15) is 34.1 Å². The summed E-state index contributed by atoms with van der Waals surface area (Å²) in [7, 11) is 1.99. The molecule has 0 aliphatic heterocycles. The molecule has 2 rings (SSSR count). The predicted octanol–water partition coefficient (Wildman–Crippen LogP) is 3.66. The van der Waals surface area contributed by atoms with Crippen LogP contribution < -0.4 is 10.1 Å². The van der Waals surface area contributed by atoms with Gasteiger partial charge in [-0.05, 0) is 45.5 Å². The molecule has 0 aliphatic carbocycles. The standard InChI is InChI=1S/C16H22N2OS/c1-5-19-14-8-6-7-13(9-14)15(17-4)10-16-18-11(2)12(3)20-16/h6-9,15,17H,5,10H2,1-4H3. The molecule has 1 aromatic heterocycles. The molecule has 0 radical (unpaired) electrons. The highest BCUT2D eigenvalue weighted by Crippen LogP contribution is 2.25. The molecule has 1 heterocycles. The summed E-state index contributed by atoms with van der Waals surface area (Å²) in [6.07, 6.45) is 0.908. The SMILES string of the molecule is CCOc1cccc(C(Cc2nc(C)c(C)s2)NC)c1. The number of rotatable bonds is 6. The summed E-state index contributed by atoms with van der Waals surface area (Å²) in [5, 5.41) is 4.56. The number of aryl methyl sites for hydroxylation is 2. The number of aromatic nitrogens is 1. The maximum absolute atomic E-state index is 5.57. The van der Waals surface area contributed by atoms with Crippen molar-refractivity contribution in [1.29, 1.82) is 0 Å². The van der Waals surface area contributed by atoms with Gasteiger partial charge in [-0.2, -0.15) is 0 Å². The number of nitrogens with one attached hydrogen (secondary N) is 1. The average Bonchev–Trinajstić information content (AvgIpc) is 2.75. The zero-order valence-corrected chi connectivity index (χ0v) is 13.4. The molecular weight excluding hydrogens is 268 g/mol. The first kappa shape index (κ1) is 15.0. The Labute approximate surface area is 125 Å². The Hall–Kier alpha value is -1.39. The van der Waals surface area contributed by atoms with Gasteiger partial charge in [0, 0.05) is 17.3 Å². The number of ether oxygens (including phenoxy) is 1. The summed E-state index contributed by atoms with van der Waals surface area (Å²) in [4.78, 5) is 5.93. The van der Waals surface area contributed by atoms with Gasteiger partial charge in [0.15, 0.2) is 0 Å². The minimum atomic E-state index is 0.264. The summed E-state index contributed by atoms with van der Waals surface area (Å²) in [5.41, 5.74) is 2.38. The molecule has 108 valence electrons. The van der Waals surface area contributed by atoms with Gasteiger partial charge in [-0.3, -0.25) is 0 Å². The van der Waals surface area contributed by atoms with Crippen LogP contribution in [-0.4, -0.2) is 18.6 Å². The Morgan fingerprint density at radius 1 is 1.35 bits per heavy atom. The average molecular weight is 290 g/mol. The molecular formula is C16H22N2OS. The van der Waals surface area contributed by atoms with Crippen molar-refractivity contribution in [3.8, 4) is 5.75 Å². The molecule has 2 aromatic rings. The fraction of sp³-hybridized carbons (Fsp3) is 0.438. The van der Waals surface area contributed by atoms with E-state index in [2.05, 4.69) is 36.3 Å². The number of hydrogen-bond donors (Lipinski definition) is 1. The van der Waals surface area contributed by atoms with E-state index in [0.29, 0.717) is 6.61 Å². The van der Waals surface area contributed by atoms with E-state index in [0.717, 1.165) is 17.9 Å². The fourth-order valence-electron chi connectivity index (χ4n) is 2.18. The van der Waals surface area contributed by atoms with Crippen molar-refractivity contribution in [3.05, 3.63) is 45.4 Å². The lowest BCUT2D eigenvalue weighted by Crippen LogP contribution is -2.18. The van der Waals surface area contributed by atoms with Crippen molar-refractivity contribution in [2.75, 3.05) is 13.7 Å². The van der Waals surface area contributed by atoms with Gasteiger partial charge < -0.3 is 10.1 Å². The topological polar surface area (TPSA) is 34.1 Å². The van der Waals surface area contributed by atoms with Gasteiger partial charge in [-0.15, -0.1) is 11.3 Å². The molecule has 0 fully saturated rings. The number of benzene rings is 1. The first-order chi connectivity index (χ1) is 9.63. The normalized spacial score (nSPS) is 12.4. The van der Waals surface area contributed by atoms with Crippen molar-refractivity contribution < 1.29 is 4.74 Å². The summed E-state index contributed by atoms with van der Waals surface area (Å²) in [6.45, 7) is 6.89. The Kier molecular flexibility index (Phi) is 5.15. The molecule has 0 bridgehead atoms. The van der Waals surface area contributed by atoms with Crippen molar-refractivity contribution in [1.82, 2.24) is 10.3 Å². The summed E-state index contributed by atoms with van der Waals surface area (Å²) >= 11 is 1.78. The zero-order valence-electron chi connectivity index (χ0n) is 12.6. The summed E-state index contributed by atoms with van der Waals surface area (Å²) in [6, 6.07) is 8.55. The molecule has 1 atom stereocenters. The van der Waals surface area contributed by atoms with Crippen LogP contribution in [0.5, 0.6) is 5.75 Å². The molecule has 1 N–H and O–H groups in total. The molecule has 0 spiro atoms. The van der Waals surface area contributed by atoms with E-state index in [1.54, 1.807) is 11.3 Å². The second kappa shape index (κ2) is 6.86. The van der Waals surface area contributed by atoms with E-state index in [1.807, 2.05) is 26.1 Å². The van der Waals surface area contributed by atoms with E-state index in [1.165, 1.54) is 15.4 Å². The summed E-state index contributed by atoms with van der Waals surface area (Å²) in [5.74, 6) is 0.928. The van der Waals surface area contributed by atoms with Crippen molar-refractivity contribution in [2.24, 2.45) is 0 Å². The third-order valence-electron chi connectivity index (χ3n) is 3.37. The van der Waals surface area contributed by atoms with Gasteiger partial charge in [0.25, 0.3) is 0 Å². The minimum Gasteiger partial charge on any atom is -0.494 e. The first-order valence-corrected chi connectivity index (χ1v) is 7.78. The Bertz CT molecular complexity index is 546. The molecule has 20 heavy (non-hydrogen) atoms. The van der Waals surface area contributed by atoms with Gasteiger partial charge in [-0.1, -0.05) is 12.1 Å². The molecule has 4 heteroatoms. The van der Waals surface area contributed by atoms with Crippen molar-refractivity contribution in [3.63, 3.8) is 0 Å². The highest BCUT2D eigenvalue weighted by molar-refractivity contribution is 7.11. The lowest BCUT2D eigenvalue weighted by molar-refractivity contribution is 0.339. The van der Waals surface area contributed by atoms with Gasteiger partial charge in [0.2, 0.25) is 0 Å². The predicted molar refractivity (Wildman–Crippen MR) is 84.7 cm³/mol. The molecule has 1 unspecified atom stereocenters. The van der Waals surface area contributed by atoms with Crippen LogP contribution in [0.25, 0.3) is 0 Å². The Morgan fingerprint density at radius 2 is 2.15 bits per heavy atom. The summed E-state index contributed by atoms with van der Waals surface area (Å²) < 4.78 is 5.57. The minimum absolute atomic E-state index is 0.264. The van der Waals surface area contributed by atoms with Crippen LogP contribution in [-0.2, 0) is 6.42 Å². The van der Waals surface area contributed by atoms with E-state index in [4.69, 9.17) is 4.74 Å². The van der Waals surface area contributed by atoms with Crippen LogP contribution in [0.15, 0.2) is 24.3 Å². The molecule has 0 amide bonds. The lowest BCUT2D eigenvalue weighted by atomic mass is 10.0. The third-order valence-corrected chi connectivity index (χ3v) is 4.47. The first-order valence-electron chi connectivity index (χ1n) is 6.97. The maximum atomic E-state index is 5.57. The van der Waals surface area contributed by atoms with Gasteiger partial charge >= 0.3 is 0 Å². The molecule has 0 saturated heterocycles. The van der Waals surface area contributed by atoms with Gasteiger partial charge in [0.05, 0.1) is 17.3 Å². The lowest BCUT2D eigenvalue weighted by Gasteiger charge is -2.16. The van der Waals surface area contributed by atoms with Gasteiger partial charge in [-0.25, -0.2) is 4.98 Å². The van der Waals surface area contributed by atoms with E-state index in [9.17, 15) is 0 Å². The highest BCUT2D eigenvalue weighted by Gasteiger charge is 2.14. The van der Waals surface area contributed by atoms with Crippen LogP contribution >= 0.6 is 11.3 Å². The smallest absolute Gasteiger partial charge is 0.119 e. The van der Waals surface area contributed by atoms with Crippen LogP contribution in [0.4, 0.5) is 0 Å². The second-order valence-corrected chi connectivity index (χ2v) is 6.09. The van der Waals surface area contributed by atoms with Crippen LogP contribution in [0, 0.1) is 13.8 Å². The number of thiazole rings is 1. The second-order valence-electron chi connectivity index (χ2n) is 4.80. The third kappa shape index (κ3) is 3.58. The quantitative estimate of drug-likeness (QED) is 0.881. The highest BCUT2D eigenvalue weighted by atomic mass is 32.1. The van der Waals surface area contributed by atoms with Crippen molar-refractivity contribution in [2.45, 2.75) is 33.2 Å². The largest absolute Gasteiger partial charge is 0.494 e. The Balaban J connectivity index is 2.17. The van der Waals surface area contributed by atoms with E-state index >= 15 is 0 Å². The molecule has 3 nitrogen and oxygen atoms in total. The Morgan fingerprint density at radius 3 is 2.75 bits per heavy atom. The van der Waals surface area contributed by atoms with E-state index in [-0.39, 0.29) is 6.04 Å². The number of likely N-dealkylation sites (N-methyl/N-ethyl adjacent to an activating group) is 1. The van der Waals surface area contributed by atoms with Gasteiger partial charge in [0.1, 0.15) is 5.75 Å². The maximum Gasteiger partial charge on any atom is 0.119 e. The molecule has 0 aliphatic rings. The molecule has 1 aromatic carbocycles. The number of nitrogens with zero attached hydrogens (tertiary/aromatic N) is 1. The van der Waals surface area contributed by atoms with E-state index < -0.39 is 0 Å². The molecule has 0 saturated carbocycles. The van der Waals surface area contributed by atoms with Crippen molar-refractivity contribution >= 4 is 11.3 Å². The zero-order chi connectivity index (χ0) is 14.5. The fourth-order valence-corrected chi connectivity index (χ4v) is 3.15. The van der Waals surface area contributed by atoms with Crippen LogP contribution in [0.3, 0.4) is 0 Å². The number of hydrogen-bond acceptors (Lipinski definition) is 4. The monoisotopic (exact) mass is 290 g/mol. The van der Waals surface area contributed by atoms with Crippen LogP contribution in [0.2, 0.25) is 0 Å².